The quantitative estimate of drug-likeness (QED) is 0.699. The molecule has 0 aliphatic carbocycles. The molecule has 1 amide bonds. The molecule has 0 radical (unpaired) electrons. The van der Waals surface area contributed by atoms with Crippen LogP contribution in [0.4, 0.5) is 0 Å². The molecule has 0 saturated carbocycles. The van der Waals surface area contributed by atoms with Gasteiger partial charge in [-0.05, 0) is 20.9 Å². The lowest BCUT2D eigenvalue weighted by atomic mass is 10.1. The van der Waals surface area contributed by atoms with Crippen LogP contribution in [-0.2, 0) is 18.4 Å². The first-order valence-electron chi connectivity index (χ1n) is 6.48. The largest absolute Gasteiger partial charge is 0.345 e. The Balaban J connectivity index is 2.08. The second-order valence-electron chi connectivity index (χ2n) is 5.37. The van der Waals surface area contributed by atoms with E-state index >= 15 is 0 Å². The molecule has 1 aliphatic rings. The van der Waals surface area contributed by atoms with E-state index < -0.39 is 0 Å². The first-order chi connectivity index (χ1) is 8.90. The maximum atomic E-state index is 12.3. The molecular weight excluding hydrogens is 246 g/mol. The van der Waals surface area contributed by atoms with E-state index in [-0.39, 0.29) is 24.2 Å². The van der Waals surface area contributed by atoms with Crippen LogP contribution in [0, 0.1) is 0 Å². The molecule has 7 heteroatoms. The Bertz CT molecular complexity index is 520. The van der Waals surface area contributed by atoms with Gasteiger partial charge in [0.25, 0.3) is 0 Å². The normalized spacial score (nSPS) is 24.7. The number of likely N-dealkylation sites (N-methyl/N-ethyl adjacent to an activating group) is 1. The first kappa shape index (κ1) is 13.8. The number of nitrogens with zero attached hydrogens (tertiary/aromatic N) is 5. The molecule has 0 bridgehead atoms. The molecule has 2 rings (SSSR count). The second kappa shape index (κ2) is 5.16. The van der Waals surface area contributed by atoms with Crippen LogP contribution < -0.4 is 5.69 Å². The predicted octanol–water partition coefficient (Wildman–Crippen LogP) is -0.867. The van der Waals surface area contributed by atoms with E-state index in [0.717, 1.165) is 6.54 Å². The van der Waals surface area contributed by atoms with E-state index in [1.165, 1.54) is 15.6 Å². The maximum absolute atomic E-state index is 12.3. The van der Waals surface area contributed by atoms with Gasteiger partial charge in [-0.3, -0.25) is 14.3 Å². The van der Waals surface area contributed by atoms with Crippen LogP contribution in [0.3, 0.4) is 0 Å². The molecule has 106 valence electrons. The highest BCUT2D eigenvalue weighted by Crippen LogP contribution is 2.13. The third kappa shape index (κ3) is 2.70. The van der Waals surface area contributed by atoms with Gasteiger partial charge in [0.15, 0.2) is 0 Å². The van der Waals surface area contributed by atoms with Gasteiger partial charge >= 0.3 is 5.69 Å². The van der Waals surface area contributed by atoms with Crippen molar-refractivity contribution in [1.29, 1.82) is 0 Å². The minimum Gasteiger partial charge on any atom is -0.336 e. The van der Waals surface area contributed by atoms with Crippen molar-refractivity contribution in [3.8, 4) is 0 Å². The van der Waals surface area contributed by atoms with E-state index in [9.17, 15) is 9.59 Å². The van der Waals surface area contributed by atoms with Crippen molar-refractivity contribution >= 4 is 5.91 Å². The summed E-state index contributed by atoms with van der Waals surface area (Å²) in [6.45, 7) is 5.68. The summed E-state index contributed by atoms with van der Waals surface area (Å²) in [6, 6.07) is 0.494. The summed E-state index contributed by atoms with van der Waals surface area (Å²) in [6.07, 6.45) is 1.42. The topological polar surface area (TPSA) is 63.4 Å². The van der Waals surface area contributed by atoms with Crippen LogP contribution in [0.15, 0.2) is 11.1 Å². The summed E-state index contributed by atoms with van der Waals surface area (Å²) in [5.74, 6) is -0.0479. The summed E-state index contributed by atoms with van der Waals surface area (Å²) < 4.78 is 2.57. The molecule has 1 saturated heterocycles. The predicted molar refractivity (Wildman–Crippen MR) is 70.7 cm³/mol. The summed E-state index contributed by atoms with van der Waals surface area (Å²) >= 11 is 0. The van der Waals surface area contributed by atoms with Crippen molar-refractivity contribution in [1.82, 2.24) is 24.1 Å². The standard InChI is InChI=1S/C12H21N5O2/c1-9-6-16(10(2)5-14(9)3)11(18)7-17-12(19)15(4)8-13-17/h8-10H,5-7H2,1-4H3. The Morgan fingerprint density at radius 2 is 2.00 bits per heavy atom. The van der Waals surface area contributed by atoms with Gasteiger partial charge in [-0.15, -0.1) is 0 Å². The van der Waals surface area contributed by atoms with Crippen LogP contribution in [0.1, 0.15) is 13.8 Å². The molecular formula is C12H21N5O2. The van der Waals surface area contributed by atoms with Gasteiger partial charge in [-0.25, -0.2) is 9.48 Å². The van der Waals surface area contributed by atoms with Crippen LogP contribution >= 0.6 is 0 Å². The Hall–Kier alpha value is -1.63. The highest BCUT2D eigenvalue weighted by atomic mass is 16.2. The molecule has 0 aromatic carbocycles. The molecule has 1 aromatic rings. The van der Waals surface area contributed by atoms with E-state index in [4.69, 9.17) is 0 Å². The number of hydrogen-bond acceptors (Lipinski definition) is 4. The minimum atomic E-state index is -0.261. The number of carbonyl (C=O) groups is 1. The summed E-state index contributed by atoms with van der Waals surface area (Å²) in [5.41, 5.74) is -0.261. The average Bonchev–Trinajstić information content (AvgIpc) is 2.65. The molecule has 2 unspecified atom stereocenters. The summed E-state index contributed by atoms with van der Waals surface area (Å²) in [5, 5.41) is 3.92. The van der Waals surface area contributed by atoms with Crippen molar-refractivity contribution in [2.45, 2.75) is 32.5 Å². The zero-order chi connectivity index (χ0) is 14.2. The first-order valence-corrected chi connectivity index (χ1v) is 6.48. The Labute approximate surface area is 112 Å². The molecule has 7 nitrogen and oxygen atoms in total. The lowest BCUT2D eigenvalue weighted by Crippen LogP contribution is -2.57. The van der Waals surface area contributed by atoms with E-state index in [1.54, 1.807) is 7.05 Å². The molecule has 0 spiro atoms. The van der Waals surface area contributed by atoms with Gasteiger partial charge in [0.1, 0.15) is 12.9 Å². The number of aromatic nitrogens is 3. The fraction of sp³-hybridized carbons (Fsp3) is 0.750. The molecule has 2 heterocycles. The fourth-order valence-electron chi connectivity index (χ4n) is 2.39. The monoisotopic (exact) mass is 267 g/mol. The number of rotatable bonds is 2. The van der Waals surface area contributed by atoms with Gasteiger partial charge in [-0.1, -0.05) is 0 Å². The van der Waals surface area contributed by atoms with Crippen molar-refractivity contribution in [3.63, 3.8) is 0 Å². The highest BCUT2D eigenvalue weighted by Gasteiger charge is 2.30. The van der Waals surface area contributed by atoms with Crippen molar-refractivity contribution in [2.24, 2.45) is 7.05 Å². The zero-order valence-corrected chi connectivity index (χ0v) is 11.9. The number of aryl methyl sites for hydroxylation is 1. The van der Waals surface area contributed by atoms with Gasteiger partial charge < -0.3 is 4.90 Å². The van der Waals surface area contributed by atoms with Crippen LogP contribution in [0.25, 0.3) is 0 Å². The van der Waals surface area contributed by atoms with E-state index in [0.29, 0.717) is 12.6 Å². The molecule has 2 atom stereocenters. The molecule has 1 fully saturated rings. The lowest BCUT2D eigenvalue weighted by Gasteiger charge is -2.42. The summed E-state index contributed by atoms with van der Waals surface area (Å²) in [4.78, 5) is 28.0. The third-order valence-electron chi connectivity index (χ3n) is 3.79. The fourth-order valence-corrected chi connectivity index (χ4v) is 2.39. The second-order valence-corrected chi connectivity index (χ2v) is 5.37. The van der Waals surface area contributed by atoms with E-state index in [1.807, 2.05) is 11.8 Å². The molecule has 0 N–H and O–H groups in total. The van der Waals surface area contributed by atoms with Crippen LogP contribution in [-0.4, -0.2) is 62.3 Å². The van der Waals surface area contributed by atoms with Crippen molar-refractivity contribution < 1.29 is 4.79 Å². The molecule has 1 aromatic heterocycles. The zero-order valence-electron chi connectivity index (χ0n) is 11.9. The Morgan fingerprint density at radius 1 is 1.32 bits per heavy atom. The lowest BCUT2D eigenvalue weighted by molar-refractivity contribution is -0.137. The third-order valence-corrected chi connectivity index (χ3v) is 3.79. The SMILES string of the molecule is CC1CN(C(=O)Cn2ncn(C)c2=O)C(C)CN1C. The minimum absolute atomic E-state index is 0.0143. The molecule has 19 heavy (non-hydrogen) atoms. The highest BCUT2D eigenvalue weighted by molar-refractivity contribution is 5.76. The van der Waals surface area contributed by atoms with Crippen molar-refractivity contribution in [2.75, 3.05) is 20.1 Å². The smallest absolute Gasteiger partial charge is 0.336 e. The Morgan fingerprint density at radius 3 is 2.58 bits per heavy atom. The van der Waals surface area contributed by atoms with Gasteiger partial charge in [0.2, 0.25) is 5.91 Å². The average molecular weight is 267 g/mol. The molecule has 1 aliphatic heterocycles. The number of carbonyl (C=O) groups excluding carboxylic acids is 1. The van der Waals surface area contributed by atoms with Gasteiger partial charge in [0.05, 0.1) is 0 Å². The summed E-state index contributed by atoms with van der Waals surface area (Å²) in [7, 11) is 3.68. The van der Waals surface area contributed by atoms with E-state index in [2.05, 4.69) is 24.0 Å². The van der Waals surface area contributed by atoms with Crippen LogP contribution in [0.5, 0.6) is 0 Å². The van der Waals surface area contributed by atoms with Gasteiger partial charge in [0, 0.05) is 32.2 Å². The Kier molecular flexibility index (Phi) is 3.75. The van der Waals surface area contributed by atoms with Crippen molar-refractivity contribution in [3.05, 3.63) is 16.8 Å². The van der Waals surface area contributed by atoms with Gasteiger partial charge in [-0.2, -0.15) is 5.10 Å². The number of piperazine rings is 1. The van der Waals surface area contributed by atoms with Crippen LogP contribution in [0.2, 0.25) is 0 Å². The maximum Gasteiger partial charge on any atom is 0.345 e. The number of hydrogen-bond donors (Lipinski definition) is 0. The number of amides is 1.